The zero-order valence-electron chi connectivity index (χ0n) is 12.2. The number of nitrogens with one attached hydrogen (secondary N) is 1. The lowest BCUT2D eigenvalue weighted by molar-refractivity contribution is 0.600. The maximum atomic E-state index is 12.9. The summed E-state index contributed by atoms with van der Waals surface area (Å²) in [4.78, 5) is 3.98. The molecule has 0 spiro atoms. The lowest BCUT2D eigenvalue weighted by Gasteiger charge is -2.04. The van der Waals surface area contributed by atoms with Crippen LogP contribution in [-0.4, -0.2) is 23.2 Å². The van der Waals surface area contributed by atoms with Crippen LogP contribution in [0.5, 0.6) is 0 Å². The first-order chi connectivity index (χ1) is 11.4. The third-order valence-corrected chi connectivity index (χ3v) is 4.74. The Hall–Kier alpha value is -2.45. The summed E-state index contributed by atoms with van der Waals surface area (Å²) in [6.07, 6.45) is 1.39. The molecule has 0 bridgehead atoms. The van der Waals surface area contributed by atoms with E-state index in [4.69, 9.17) is 11.6 Å². The molecule has 0 saturated carbocycles. The van der Waals surface area contributed by atoms with Crippen molar-refractivity contribution in [3.8, 4) is 0 Å². The molecule has 0 radical (unpaired) electrons. The van der Waals surface area contributed by atoms with Crippen LogP contribution >= 0.6 is 11.6 Å². The van der Waals surface area contributed by atoms with E-state index in [1.165, 1.54) is 47.4 Å². The number of halogens is 2. The second-order valence-electron chi connectivity index (χ2n) is 4.95. The Morgan fingerprint density at radius 1 is 1.08 bits per heavy atom. The van der Waals surface area contributed by atoms with Crippen LogP contribution in [0.2, 0.25) is 5.02 Å². The van der Waals surface area contributed by atoms with E-state index >= 15 is 0 Å². The standard InChI is InChI=1S/C15H12ClFN4O2S/c16-12-3-7-14(8-4-12)24(22,23)20-15-18-10-21(19-15)9-11-1-5-13(17)6-2-11/h1-8,10H,9H2,(H,19,20). The lowest BCUT2D eigenvalue weighted by Crippen LogP contribution is -2.14. The minimum absolute atomic E-state index is 0.0490. The summed E-state index contributed by atoms with van der Waals surface area (Å²) in [6.45, 7) is 0.343. The average Bonchev–Trinajstić information content (AvgIpc) is 2.96. The van der Waals surface area contributed by atoms with E-state index in [0.717, 1.165) is 5.56 Å². The number of benzene rings is 2. The molecule has 3 rings (SSSR count). The number of anilines is 1. The largest absolute Gasteiger partial charge is 0.264 e. The van der Waals surface area contributed by atoms with Crippen molar-refractivity contribution >= 4 is 27.6 Å². The van der Waals surface area contributed by atoms with Crippen molar-refractivity contribution < 1.29 is 12.8 Å². The van der Waals surface area contributed by atoms with Gasteiger partial charge in [0.2, 0.25) is 0 Å². The van der Waals surface area contributed by atoms with Crippen molar-refractivity contribution in [1.29, 1.82) is 0 Å². The van der Waals surface area contributed by atoms with Crippen molar-refractivity contribution in [2.75, 3.05) is 4.72 Å². The van der Waals surface area contributed by atoms with Gasteiger partial charge in [0.1, 0.15) is 12.1 Å². The molecule has 0 aliphatic heterocycles. The van der Waals surface area contributed by atoms with E-state index in [1.807, 2.05) is 0 Å². The summed E-state index contributed by atoms with van der Waals surface area (Å²) in [5, 5.41) is 4.49. The Balaban J connectivity index is 1.73. The zero-order valence-corrected chi connectivity index (χ0v) is 13.8. The number of aromatic nitrogens is 3. The second-order valence-corrected chi connectivity index (χ2v) is 7.07. The van der Waals surface area contributed by atoms with Gasteiger partial charge >= 0.3 is 0 Å². The van der Waals surface area contributed by atoms with Gasteiger partial charge in [-0.25, -0.2) is 22.2 Å². The predicted molar refractivity (Wildman–Crippen MR) is 87.8 cm³/mol. The first kappa shape index (κ1) is 16.4. The van der Waals surface area contributed by atoms with Crippen LogP contribution in [-0.2, 0) is 16.6 Å². The Morgan fingerprint density at radius 2 is 1.75 bits per heavy atom. The highest BCUT2D eigenvalue weighted by molar-refractivity contribution is 7.92. The van der Waals surface area contributed by atoms with Gasteiger partial charge in [0.05, 0.1) is 11.4 Å². The van der Waals surface area contributed by atoms with E-state index in [0.29, 0.717) is 11.6 Å². The van der Waals surface area contributed by atoms with E-state index in [1.54, 1.807) is 12.1 Å². The zero-order chi connectivity index (χ0) is 17.2. The topological polar surface area (TPSA) is 76.9 Å². The van der Waals surface area contributed by atoms with Crippen LogP contribution in [0, 0.1) is 5.82 Å². The molecule has 0 aliphatic rings. The molecule has 1 N–H and O–H groups in total. The smallest absolute Gasteiger partial charge is 0.246 e. The summed E-state index contributed by atoms with van der Waals surface area (Å²) in [7, 11) is -3.79. The van der Waals surface area contributed by atoms with Crippen molar-refractivity contribution in [2.45, 2.75) is 11.4 Å². The van der Waals surface area contributed by atoms with Crippen molar-refractivity contribution in [3.05, 3.63) is 71.3 Å². The molecular weight excluding hydrogens is 355 g/mol. The maximum Gasteiger partial charge on any atom is 0.264 e. The quantitative estimate of drug-likeness (QED) is 0.753. The lowest BCUT2D eigenvalue weighted by atomic mass is 10.2. The van der Waals surface area contributed by atoms with Crippen molar-refractivity contribution in [3.63, 3.8) is 0 Å². The number of hydrogen-bond donors (Lipinski definition) is 1. The Morgan fingerprint density at radius 3 is 2.42 bits per heavy atom. The second kappa shape index (κ2) is 6.58. The number of nitrogens with zero attached hydrogens (tertiary/aromatic N) is 3. The normalized spacial score (nSPS) is 11.4. The molecule has 0 amide bonds. The molecule has 2 aromatic carbocycles. The van der Waals surface area contributed by atoms with Gasteiger partial charge in [0.15, 0.2) is 0 Å². The Labute approximate surface area is 143 Å². The number of rotatable bonds is 5. The summed E-state index contributed by atoms with van der Waals surface area (Å²) < 4.78 is 41.1. The molecule has 3 aromatic rings. The van der Waals surface area contributed by atoms with E-state index in [2.05, 4.69) is 14.8 Å². The highest BCUT2D eigenvalue weighted by atomic mass is 35.5. The fourth-order valence-corrected chi connectivity index (χ4v) is 3.06. The van der Waals surface area contributed by atoms with Crippen LogP contribution in [0.25, 0.3) is 0 Å². The molecular formula is C15H12ClFN4O2S. The fraction of sp³-hybridized carbons (Fsp3) is 0.0667. The third-order valence-electron chi connectivity index (χ3n) is 3.14. The molecule has 0 atom stereocenters. The van der Waals surface area contributed by atoms with E-state index < -0.39 is 10.0 Å². The maximum absolute atomic E-state index is 12.9. The van der Waals surface area contributed by atoms with Gasteiger partial charge < -0.3 is 0 Å². The van der Waals surface area contributed by atoms with Gasteiger partial charge in [-0.05, 0) is 42.0 Å². The minimum atomic E-state index is -3.79. The van der Waals surface area contributed by atoms with Crippen LogP contribution in [0.15, 0.2) is 59.8 Å². The van der Waals surface area contributed by atoms with Gasteiger partial charge in [-0.15, -0.1) is 5.10 Å². The van der Waals surface area contributed by atoms with Crippen LogP contribution in [0.1, 0.15) is 5.56 Å². The SMILES string of the molecule is O=S(=O)(Nc1ncn(Cc2ccc(F)cc2)n1)c1ccc(Cl)cc1. The highest BCUT2D eigenvalue weighted by Gasteiger charge is 2.16. The van der Waals surface area contributed by atoms with Crippen LogP contribution < -0.4 is 4.72 Å². The van der Waals surface area contributed by atoms with Crippen LogP contribution in [0.4, 0.5) is 10.3 Å². The number of sulfonamides is 1. The van der Waals surface area contributed by atoms with Gasteiger partial charge in [0.25, 0.3) is 16.0 Å². The first-order valence-electron chi connectivity index (χ1n) is 6.85. The molecule has 1 aromatic heterocycles. The molecule has 6 nitrogen and oxygen atoms in total. The monoisotopic (exact) mass is 366 g/mol. The van der Waals surface area contributed by atoms with Gasteiger partial charge in [-0.1, -0.05) is 23.7 Å². The number of hydrogen-bond acceptors (Lipinski definition) is 4. The van der Waals surface area contributed by atoms with Crippen molar-refractivity contribution in [1.82, 2.24) is 14.8 Å². The minimum Gasteiger partial charge on any atom is -0.246 e. The molecule has 0 aliphatic carbocycles. The molecule has 124 valence electrons. The first-order valence-corrected chi connectivity index (χ1v) is 8.71. The molecule has 0 unspecified atom stereocenters. The molecule has 0 fully saturated rings. The molecule has 9 heteroatoms. The molecule has 0 saturated heterocycles. The summed E-state index contributed by atoms with van der Waals surface area (Å²) in [5.41, 5.74) is 0.813. The van der Waals surface area contributed by atoms with Gasteiger partial charge in [-0.2, -0.15) is 4.98 Å². The molecule has 1 heterocycles. The summed E-state index contributed by atoms with van der Waals surface area (Å²) in [6, 6.07) is 11.7. The predicted octanol–water partition coefficient (Wildman–Crippen LogP) is 2.92. The summed E-state index contributed by atoms with van der Waals surface area (Å²) in [5.74, 6) is -0.374. The van der Waals surface area contributed by atoms with Crippen molar-refractivity contribution in [2.24, 2.45) is 0 Å². The van der Waals surface area contributed by atoms with E-state index in [-0.39, 0.29) is 16.7 Å². The highest BCUT2D eigenvalue weighted by Crippen LogP contribution is 2.16. The molecule has 24 heavy (non-hydrogen) atoms. The average molecular weight is 367 g/mol. The van der Waals surface area contributed by atoms with Gasteiger partial charge in [0, 0.05) is 5.02 Å². The fourth-order valence-electron chi connectivity index (χ4n) is 1.99. The summed E-state index contributed by atoms with van der Waals surface area (Å²) >= 11 is 5.75. The Kier molecular flexibility index (Phi) is 4.50. The van der Waals surface area contributed by atoms with E-state index in [9.17, 15) is 12.8 Å². The van der Waals surface area contributed by atoms with Gasteiger partial charge in [-0.3, -0.25) is 0 Å². The third kappa shape index (κ3) is 3.90. The Bertz CT molecular complexity index is 940. The van der Waals surface area contributed by atoms with Crippen LogP contribution in [0.3, 0.4) is 0 Å².